The first-order valence-electron chi connectivity index (χ1n) is 6.60. The van der Waals surface area contributed by atoms with E-state index in [-0.39, 0.29) is 19.4 Å². The quantitative estimate of drug-likeness (QED) is 0.749. The standard InChI is InChI=1S/C13H15FN2O5S/c14-22(20,21)8-10-6-12(17)16(7-10)11(13(18)19)5-9-1-3-15-4-2-9/h1-4,10-11H,5-8H2,(H,18,19). The number of hydrogen-bond acceptors (Lipinski definition) is 5. The van der Waals surface area contributed by atoms with E-state index < -0.39 is 39.8 Å². The molecule has 0 aliphatic carbocycles. The Balaban J connectivity index is 2.12. The summed E-state index contributed by atoms with van der Waals surface area (Å²) in [7, 11) is -4.69. The van der Waals surface area contributed by atoms with Gasteiger partial charge >= 0.3 is 16.2 Å². The number of carbonyl (C=O) groups is 2. The second kappa shape index (κ2) is 6.39. The summed E-state index contributed by atoms with van der Waals surface area (Å²) in [4.78, 5) is 28.3. The minimum Gasteiger partial charge on any atom is -0.480 e. The fourth-order valence-electron chi connectivity index (χ4n) is 2.58. The number of carboxylic acid groups (broad SMARTS) is 1. The third kappa shape index (κ3) is 4.23. The second-order valence-electron chi connectivity index (χ2n) is 5.24. The molecule has 1 fully saturated rings. The molecule has 1 aliphatic heterocycles. The number of hydrogen-bond donors (Lipinski definition) is 1. The van der Waals surface area contributed by atoms with Crippen molar-refractivity contribution >= 4 is 22.1 Å². The van der Waals surface area contributed by atoms with Crippen molar-refractivity contribution in [2.24, 2.45) is 5.92 Å². The van der Waals surface area contributed by atoms with Gasteiger partial charge in [-0.25, -0.2) is 4.79 Å². The highest BCUT2D eigenvalue weighted by molar-refractivity contribution is 7.86. The van der Waals surface area contributed by atoms with Gasteiger partial charge in [0.2, 0.25) is 5.91 Å². The first kappa shape index (κ1) is 16.3. The first-order chi connectivity index (χ1) is 10.3. The third-order valence-electron chi connectivity index (χ3n) is 3.51. The number of likely N-dealkylation sites (tertiary alicyclic amines) is 1. The molecule has 1 aliphatic rings. The Kier molecular flexibility index (Phi) is 4.74. The van der Waals surface area contributed by atoms with Crippen LogP contribution in [0.1, 0.15) is 12.0 Å². The fraction of sp³-hybridized carbons (Fsp3) is 0.462. The van der Waals surface area contributed by atoms with E-state index in [0.717, 1.165) is 4.90 Å². The molecule has 0 aromatic carbocycles. The van der Waals surface area contributed by atoms with Gasteiger partial charge in [0, 0.05) is 37.7 Å². The maximum Gasteiger partial charge on any atom is 0.326 e. The smallest absolute Gasteiger partial charge is 0.326 e. The van der Waals surface area contributed by atoms with E-state index in [2.05, 4.69) is 4.98 Å². The van der Waals surface area contributed by atoms with E-state index in [4.69, 9.17) is 0 Å². The molecule has 2 heterocycles. The molecule has 2 rings (SSSR count). The van der Waals surface area contributed by atoms with Crippen LogP contribution in [0.3, 0.4) is 0 Å². The molecule has 7 nitrogen and oxygen atoms in total. The van der Waals surface area contributed by atoms with Crippen molar-refractivity contribution in [3.63, 3.8) is 0 Å². The lowest BCUT2D eigenvalue weighted by atomic mass is 10.1. The van der Waals surface area contributed by atoms with Crippen LogP contribution in [0.2, 0.25) is 0 Å². The van der Waals surface area contributed by atoms with E-state index in [1.165, 1.54) is 12.4 Å². The molecule has 0 spiro atoms. The van der Waals surface area contributed by atoms with Gasteiger partial charge in [-0.1, -0.05) is 0 Å². The van der Waals surface area contributed by atoms with Crippen LogP contribution >= 0.6 is 0 Å². The van der Waals surface area contributed by atoms with Crippen LogP contribution < -0.4 is 0 Å². The van der Waals surface area contributed by atoms with Gasteiger partial charge in [-0.2, -0.15) is 8.42 Å². The van der Waals surface area contributed by atoms with Crippen LogP contribution in [0.5, 0.6) is 0 Å². The SMILES string of the molecule is O=C(O)C(Cc1ccncc1)N1CC(CS(=O)(=O)F)CC1=O. The predicted molar refractivity (Wildman–Crippen MR) is 74.1 cm³/mol. The Morgan fingerprint density at radius 3 is 2.64 bits per heavy atom. The summed E-state index contributed by atoms with van der Waals surface area (Å²) in [6.07, 6.45) is 2.94. The number of nitrogens with zero attached hydrogens (tertiary/aromatic N) is 2. The summed E-state index contributed by atoms with van der Waals surface area (Å²) in [5, 5.41) is 9.33. The summed E-state index contributed by atoms with van der Waals surface area (Å²) in [5.74, 6) is -3.15. The van der Waals surface area contributed by atoms with Gasteiger partial charge in [-0.05, 0) is 17.7 Å². The monoisotopic (exact) mass is 330 g/mol. The van der Waals surface area contributed by atoms with Crippen LogP contribution in [0.15, 0.2) is 24.5 Å². The highest BCUT2D eigenvalue weighted by Crippen LogP contribution is 2.24. The number of aromatic nitrogens is 1. The van der Waals surface area contributed by atoms with Crippen molar-refractivity contribution in [2.45, 2.75) is 18.9 Å². The maximum absolute atomic E-state index is 12.7. The van der Waals surface area contributed by atoms with Gasteiger partial charge in [0.25, 0.3) is 0 Å². The van der Waals surface area contributed by atoms with Crippen molar-refractivity contribution in [3.05, 3.63) is 30.1 Å². The zero-order chi connectivity index (χ0) is 16.3. The van der Waals surface area contributed by atoms with Crippen molar-refractivity contribution in [1.82, 2.24) is 9.88 Å². The molecule has 22 heavy (non-hydrogen) atoms. The molecule has 9 heteroatoms. The molecule has 1 amide bonds. The Morgan fingerprint density at radius 2 is 2.09 bits per heavy atom. The molecule has 1 aromatic heterocycles. The topological polar surface area (TPSA) is 105 Å². The molecular formula is C13H15FN2O5S. The Bertz CT molecular complexity index is 664. The fourth-order valence-corrected chi connectivity index (χ4v) is 3.36. The predicted octanol–water partition coefficient (Wildman–Crippen LogP) is 0.225. The van der Waals surface area contributed by atoms with Crippen LogP contribution in [0.4, 0.5) is 3.89 Å². The Morgan fingerprint density at radius 1 is 1.45 bits per heavy atom. The molecule has 120 valence electrons. The van der Waals surface area contributed by atoms with Gasteiger partial charge in [0.05, 0.1) is 5.75 Å². The molecule has 0 saturated carbocycles. The van der Waals surface area contributed by atoms with Crippen molar-refractivity contribution in [3.8, 4) is 0 Å². The lowest BCUT2D eigenvalue weighted by Crippen LogP contribution is -2.43. The highest BCUT2D eigenvalue weighted by Gasteiger charge is 2.39. The zero-order valence-corrected chi connectivity index (χ0v) is 12.4. The van der Waals surface area contributed by atoms with Crippen LogP contribution in [-0.2, 0) is 26.2 Å². The average molecular weight is 330 g/mol. The highest BCUT2D eigenvalue weighted by atomic mass is 32.3. The van der Waals surface area contributed by atoms with E-state index in [0.29, 0.717) is 5.56 Å². The van der Waals surface area contributed by atoms with Gasteiger partial charge in [0.15, 0.2) is 0 Å². The van der Waals surface area contributed by atoms with E-state index in [1.807, 2.05) is 0 Å². The van der Waals surface area contributed by atoms with Gasteiger partial charge in [0.1, 0.15) is 6.04 Å². The molecule has 1 saturated heterocycles. The largest absolute Gasteiger partial charge is 0.480 e. The Hall–Kier alpha value is -2.03. The van der Waals surface area contributed by atoms with Gasteiger partial charge < -0.3 is 10.0 Å². The molecule has 2 atom stereocenters. The number of carboxylic acids is 1. The minimum absolute atomic E-state index is 0.0793. The molecule has 0 radical (unpaired) electrons. The van der Waals surface area contributed by atoms with Crippen LogP contribution in [-0.4, -0.2) is 53.6 Å². The van der Waals surface area contributed by atoms with E-state index in [1.54, 1.807) is 12.1 Å². The number of carbonyl (C=O) groups excluding carboxylic acids is 1. The normalized spacial score (nSPS) is 20.1. The van der Waals surface area contributed by atoms with Gasteiger partial charge in [-0.3, -0.25) is 9.78 Å². The van der Waals surface area contributed by atoms with Crippen LogP contribution in [0, 0.1) is 5.92 Å². The molecular weight excluding hydrogens is 315 g/mol. The number of aliphatic carboxylic acids is 1. The summed E-state index contributed by atoms with van der Waals surface area (Å²) in [6, 6.07) is 2.17. The third-order valence-corrected chi connectivity index (χ3v) is 4.38. The Labute approximate surface area is 127 Å². The molecule has 2 unspecified atom stereocenters. The second-order valence-corrected chi connectivity index (χ2v) is 6.65. The maximum atomic E-state index is 12.7. The molecule has 0 bridgehead atoms. The lowest BCUT2D eigenvalue weighted by Gasteiger charge is -2.24. The number of amides is 1. The summed E-state index contributed by atoms with van der Waals surface area (Å²) in [6.45, 7) is -0.0793. The average Bonchev–Trinajstić information content (AvgIpc) is 2.75. The van der Waals surface area contributed by atoms with Crippen molar-refractivity contribution in [2.75, 3.05) is 12.3 Å². The number of rotatable bonds is 6. The van der Waals surface area contributed by atoms with Crippen molar-refractivity contribution in [1.29, 1.82) is 0 Å². The number of halogens is 1. The van der Waals surface area contributed by atoms with Crippen molar-refractivity contribution < 1.29 is 27.0 Å². The zero-order valence-electron chi connectivity index (χ0n) is 11.6. The summed E-state index contributed by atoms with van der Waals surface area (Å²) in [5.41, 5.74) is 0.691. The van der Waals surface area contributed by atoms with Crippen LogP contribution in [0.25, 0.3) is 0 Å². The molecule has 1 aromatic rings. The minimum atomic E-state index is -4.69. The van der Waals surface area contributed by atoms with E-state index >= 15 is 0 Å². The van der Waals surface area contributed by atoms with E-state index in [9.17, 15) is 27.0 Å². The lowest BCUT2D eigenvalue weighted by molar-refractivity contribution is -0.148. The van der Waals surface area contributed by atoms with Gasteiger partial charge in [-0.15, -0.1) is 3.89 Å². The summed E-state index contributed by atoms with van der Waals surface area (Å²) >= 11 is 0. The number of pyridine rings is 1. The summed E-state index contributed by atoms with van der Waals surface area (Å²) < 4.78 is 34.1. The molecule has 1 N–H and O–H groups in total. The first-order valence-corrected chi connectivity index (χ1v) is 8.15.